The molecule has 2 atom stereocenters. The van der Waals surface area contributed by atoms with Gasteiger partial charge in [-0.15, -0.1) is 0 Å². The molecule has 19 heavy (non-hydrogen) atoms. The summed E-state index contributed by atoms with van der Waals surface area (Å²) in [7, 11) is 2.21. The lowest BCUT2D eigenvalue weighted by molar-refractivity contribution is 0.278. The van der Waals surface area contributed by atoms with E-state index in [1.807, 2.05) is 0 Å². The molecule has 2 aliphatic heterocycles. The molecule has 0 aromatic rings. The van der Waals surface area contributed by atoms with Gasteiger partial charge in [-0.1, -0.05) is 12.8 Å². The van der Waals surface area contributed by atoms with Crippen LogP contribution >= 0.6 is 0 Å². The Labute approximate surface area is 117 Å². The van der Waals surface area contributed by atoms with Crippen LogP contribution in [0.5, 0.6) is 0 Å². The van der Waals surface area contributed by atoms with Crippen molar-refractivity contribution in [3.8, 4) is 0 Å². The highest BCUT2D eigenvalue weighted by Crippen LogP contribution is 2.26. The second kappa shape index (κ2) is 6.12. The summed E-state index contributed by atoms with van der Waals surface area (Å²) < 4.78 is 0. The third kappa shape index (κ3) is 3.04. The molecule has 108 valence electrons. The van der Waals surface area contributed by atoms with Gasteiger partial charge >= 0.3 is 0 Å². The molecule has 1 aliphatic carbocycles. The van der Waals surface area contributed by atoms with Crippen LogP contribution in [0.4, 0.5) is 0 Å². The van der Waals surface area contributed by atoms with Crippen molar-refractivity contribution in [3.05, 3.63) is 0 Å². The predicted octanol–water partition coefficient (Wildman–Crippen LogP) is 1.58. The van der Waals surface area contributed by atoms with E-state index in [-0.39, 0.29) is 0 Å². The summed E-state index contributed by atoms with van der Waals surface area (Å²) in [6.45, 7) is 3.39. The maximum absolute atomic E-state index is 4.83. The minimum Gasteiger partial charge on any atom is -0.351 e. The second-order valence-electron chi connectivity index (χ2n) is 6.40. The summed E-state index contributed by atoms with van der Waals surface area (Å²) in [5.41, 5.74) is 0. The minimum absolute atomic E-state index is 0.663. The quantitative estimate of drug-likeness (QED) is 0.813. The van der Waals surface area contributed by atoms with E-state index in [1.54, 1.807) is 0 Å². The smallest absolute Gasteiger partial charge is 0.194 e. The number of hydrogen-bond acceptors (Lipinski definition) is 2. The molecular formula is C15H28N4. The number of piperidine rings is 1. The lowest BCUT2D eigenvalue weighted by Gasteiger charge is -2.27. The van der Waals surface area contributed by atoms with E-state index in [0.29, 0.717) is 12.1 Å². The lowest BCUT2D eigenvalue weighted by atomic mass is 9.91. The second-order valence-corrected chi connectivity index (χ2v) is 6.40. The molecule has 4 heteroatoms. The summed E-state index contributed by atoms with van der Waals surface area (Å²) in [4.78, 5) is 7.23. The Bertz CT molecular complexity index is 322. The number of nitrogens with one attached hydrogen (secondary N) is 2. The van der Waals surface area contributed by atoms with Gasteiger partial charge in [0.05, 0.1) is 6.04 Å². The molecule has 0 aromatic carbocycles. The van der Waals surface area contributed by atoms with E-state index < -0.39 is 0 Å². The summed E-state index contributed by atoms with van der Waals surface area (Å²) in [6.07, 6.45) is 9.35. The van der Waals surface area contributed by atoms with Crippen LogP contribution in [0.3, 0.4) is 0 Å². The summed E-state index contributed by atoms with van der Waals surface area (Å²) in [6, 6.07) is 1.36. The van der Waals surface area contributed by atoms with Crippen LogP contribution in [0.15, 0.2) is 4.99 Å². The number of nitrogens with zero attached hydrogens (tertiary/aromatic N) is 2. The first kappa shape index (κ1) is 13.2. The molecule has 3 rings (SSSR count). The first-order valence-corrected chi connectivity index (χ1v) is 8.09. The van der Waals surface area contributed by atoms with E-state index in [9.17, 15) is 0 Å². The largest absolute Gasteiger partial charge is 0.351 e. The number of rotatable bonds is 3. The Balaban J connectivity index is 1.49. The maximum Gasteiger partial charge on any atom is 0.194 e. The first-order valence-electron chi connectivity index (χ1n) is 8.09. The van der Waals surface area contributed by atoms with Crippen molar-refractivity contribution >= 4 is 5.96 Å². The topological polar surface area (TPSA) is 39.7 Å². The Morgan fingerprint density at radius 3 is 2.74 bits per heavy atom. The molecule has 2 saturated heterocycles. The standard InChI is InChI=1S/C15H28N4/c1-19-14-5-3-2-4-13(14)18-15(19)17-11-8-12-6-9-16-10-7-12/h12-14,16H,2-11H2,1H3,(H,17,18). The highest BCUT2D eigenvalue weighted by atomic mass is 15.4. The zero-order chi connectivity index (χ0) is 13.1. The van der Waals surface area contributed by atoms with E-state index in [2.05, 4.69) is 22.6 Å². The monoisotopic (exact) mass is 264 g/mol. The molecule has 3 fully saturated rings. The summed E-state index contributed by atoms with van der Waals surface area (Å²) in [5.74, 6) is 2.05. The number of fused-ring (bicyclic) bond motifs is 1. The van der Waals surface area contributed by atoms with Gasteiger partial charge in [-0.05, 0) is 51.1 Å². The molecule has 0 amide bonds. The van der Waals surface area contributed by atoms with Gasteiger partial charge in [-0.25, -0.2) is 0 Å². The molecule has 0 bridgehead atoms. The maximum atomic E-state index is 4.83. The number of hydrogen-bond donors (Lipinski definition) is 2. The van der Waals surface area contributed by atoms with Crippen LogP contribution in [0, 0.1) is 5.92 Å². The zero-order valence-corrected chi connectivity index (χ0v) is 12.2. The van der Waals surface area contributed by atoms with Gasteiger partial charge in [-0.3, -0.25) is 4.99 Å². The van der Waals surface area contributed by atoms with Crippen molar-refractivity contribution in [2.45, 2.75) is 57.0 Å². The third-order valence-electron chi connectivity index (χ3n) is 5.13. The van der Waals surface area contributed by atoms with Crippen LogP contribution in [0.25, 0.3) is 0 Å². The highest BCUT2D eigenvalue weighted by Gasteiger charge is 2.36. The van der Waals surface area contributed by atoms with Crippen LogP contribution in [0.2, 0.25) is 0 Å². The van der Waals surface area contributed by atoms with Crippen molar-refractivity contribution in [3.63, 3.8) is 0 Å². The highest BCUT2D eigenvalue weighted by molar-refractivity contribution is 5.82. The number of likely N-dealkylation sites (N-methyl/N-ethyl adjacent to an activating group) is 1. The molecule has 0 spiro atoms. The fourth-order valence-electron chi connectivity index (χ4n) is 3.85. The Morgan fingerprint density at radius 2 is 1.95 bits per heavy atom. The van der Waals surface area contributed by atoms with Crippen LogP contribution < -0.4 is 10.6 Å². The fraction of sp³-hybridized carbons (Fsp3) is 0.933. The molecule has 2 N–H and O–H groups in total. The summed E-state index contributed by atoms with van der Waals surface area (Å²) in [5, 5.41) is 7.07. The van der Waals surface area contributed by atoms with Crippen LogP contribution in [-0.4, -0.2) is 49.6 Å². The molecular weight excluding hydrogens is 236 g/mol. The Kier molecular flexibility index (Phi) is 4.26. The number of aliphatic imine (C=N–C) groups is 1. The normalized spacial score (nSPS) is 34.4. The Hall–Kier alpha value is -0.770. The number of guanidine groups is 1. The molecule has 0 radical (unpaired) electrons. The molecule has 2 unspecified atom stereocenters. The molecule has 1 saturated carbocycles. The third-order valence-corrected chi connectivity index (χ3v) is 5.13. The van der Waals surface area contributed by atoms with Gasteiger partial charge in [0.25, 0.3) is 0 Å². The fourth-order valence-corrected chi connectivity index (χ4v) is 3.85. The van der Waals surface area contributed by atoms with Crippen molar-refractivity contribution in [1.82, 2.24) is 15.5 Å². The molecule has 3 aliphatic rings. The van der Waals surface area contributed by atoms with Gasteiger partial charge in [0.15, 0.2) is 5.96 Å². The van der Waals surface area contributed by atoms with Crippen LogP contribution in [0.1, 0.15) is 44.9 Å². The van der Waals surface area contributed by atoms with Gasteiger partial charge in [-0.2, -0.15) is 0 Å². The molecule has 4 nitrogen and oxygen atoms in total. The zero-order valence-electron chi connectivity index (χ0n) is 12.2. The van der Waals surface area contributed by atoms with Crippen molar-refractivity contribution < 1.29 is 0 Å². The summed E-state index contributed by atoms with van der Waals surface area (Å²) >= 11 is 0. The van der Waals surface area contributed by atoms with Gasteiger partial charge < -0.3 is 15.5 Å². The lowest BCUT2D eigenvalue weighted by Crippen LogP contribution is -2.37. The van der Waals surface area contributed by atoms with Crippen molar-refractivity contribution in [2.75, 3.05) is 26.7 Å². The molecule has 2 heterocycles. The molecule has 0 aromatic heterocycles. The average Bonchev–Trinajstić information content (AvgIpc) is 2.78. The first-order chi connectivity index (χ1) is 9.34. The van der Waals surface area contributed by atoms with Gasteiger partial charge in [0.2, 0.25) is 0 Å². The van der Waals surface area contributed by atoms with E-state index in [0.717, 1.165) is 18.4 Å². The average molecular weight is 264 g/mol. The van der Waals surface area contributed by atoms with E-state index >= 15 is 0 Å². The Morgan fingerprint density at radius 1 is 1.16 bits per heavy atom. The van der Waals surface area contributed by atoms with Crippen LogP contribution in [-0.2, 0) is 0 Å². The predicted molar refractivity (Wildman–Crippen MR) is 79.5 cm³/mol. The van der Waals surface area contributed by atoms with Gasteiger partial charge in [0, 0.05) is 19.6 Å². The SMILES string of the molecule is CN1C(=NCCC2CCNCC2)NC2CCCCC21. The van der Waals surface area contributed by atoms with Crippen molar-refractivity contribution in [2.24, 2.45) is 10.9 Å². The van der Waals surface area contributed by atoms with Crippen molar-refractivity contribution in [1.29, 1.82) is 0 Å². The van der Waals surface area contributed by atoms with Gasteiger partial charge in [0.1, 0.15) is 0 Å². The minimum atomic E-state index is 0.663. The van der Waals surface area contributed by atoms with E-state index in [4.69, 9.17) is 4.99 Å². The van der Waals surface area contributed by atoms with E-state index in [1.165, 1.54) is 58.0 Å².